The highest BCUT2D eigenvalue weighted by Gasteiger charge is 2.36. The van der Waals surface area contributed by atoms with E-state index in [9.17, 15) is 14.4 Å². The number of hydrogen-bond acceptors (Lipinski definition) is 6. The molecule has 7 nitrogen and oxygen atoms in total. The first-order chi connectivity index (χ1) is 13.1. The highest BCUT2D eigenvalue weighted by molar-refractivity contribution is 6.25. The number of methoxy groups -OCH3 is 2. The maximum Gasteiger partial charge on any atom is 0.332 e. The van der Waals surface area contributed by atoms with E-state index in [1.807, 2.05) is 6.07 Å². The second kappa shape index (κ2) is 7.65. The normalized spacial score (nSPS) is 14.5. The van der Waals surface area contributed by atoms with Crippen LogP contribution in [-0.4, -0.2) is 37.0 Å². The quantitative estimate of drug-likeness (QED) is 0.612. The van der Waals surface area contributed by atoms with Crippen LogP contribution >= 0.6 is 0 Å². The molecule has 1 aliphatic heterocycles. The largest absolute Gasteiger partial charge is 0.466 e. The summed E-state index contributed by atoms with van der Waals surface area (Å²) in [6.07, 6.45) is 6.88. The highest BCUT2D eigenvalue weighted by atomic mass is 16.5. The second-order valence-electron chi connectivity index (χ2n) is 5.54. The number of para-hydroxylation sites is 1. The van der Waals surface area contributed by atoms with Gasteiger partial charge in [0.15, 0.2) is 0 Å². The van der Waals surface area contributed by atoms with Crippen molar-refractivity contribution in [3.63, 3.8) is 0 Å². The van der Waals surface area contributed by atoms with Gasteiger partial charge in [-0.1, -0.05) is 18.2 Å². The third-order valence-corrected chi connectivity index (χ3v) is 3.98. The van der Waals surface area contributed by atoms with Crippen LogP contribution in [0.25, 0.3) is 11.8 Å². The maximum atomic E-state index is 13.2. The number of anilines is 1. The average Bonchev–Trinajstić information content (AvgIpc) is 2.98. The molecule has 0 saturated carbocycles. The summed E-state index contributed by atoms with van der Waals surface area (Å²) in [6, 6.07) is 8.92. The van der Waals surface area contributed by atoms with Gasteiger partial charge in [-0.2, -0.15) is 0 Å². The Hall–Kier alpha value is -3.74. The molecule has 1 aliphatic rings. The molecule has 1 amide bonds. The molecule has 27 heavy (non-hydrogen) atoms. The van der Waals surface area contributed by atoms with Gasteiger partial charge in [-0.3, -0.25) is 14.7 Å². The van der Waals surface area contributed by atoms with E-state index in [1.54, 1.807) is 24.3 Å². The summed E-state index contributed by atoms with van der Waals surface area (Å²) in [4.78, 5) is 42.0. The van der Waals surface area contributed by atoms with Crippen molar-refractivity contribution in [3.8, 4) is 0 Å². The summed E-state index contributed by atoms with van der Waals surface area (Å²) in [5.74, 6) is -1.48. The van der Waals surface area contributed by atoms with Gasteiger partial charge in [-0.15, -0.1) is 0 Å². The summed E-state index contributed by atoms with van der Waals surface area (Å²) in [7, 11) is 2.53. The minimum absolute atomic E-state index is 0.335. The third kappa shape index (κ3) is 3.48. The SMILES string of the molecule is COC(=O)/C=C/c1cncc2c1C(=O)N(c1ccccc1)/C2=C/C(=O)OC. The van der Waals surface area contributed by atoms with Crippen LogP contribution in [0.15, 0.2) is 54.9 Å². The van der Waals surface area contributed by atoms with E-state index < -0.39 is 11.9 Å². The molecule has 2 aromatic rings. The van der Waals surface area contributed by atoms with E-state index in [4.69, 9.17) is 4.74 Å². The van der Waals surface area contributed by atoms with Gasteiger partial charge < -0.3 is 9.47 Å². The molecular weight excluding hydrogens is 348 g/mol. The zero-order valence-electron chi connectivity index (χ0n) is 14.7. The number of pyridine rings is 1. The smallest absolute Gasteiger partial charge is 0.332 e. The van der Waals surface area contributed by atoms with Crippen LogP contribution in [0.2, 0.25) is 0 Å². The molecule has 0 saturated heterocycles. The molecule has 0 spiro atoms. The highest BCUT2D eigenvalue weighted by Crippen LogP contribution is 2.38. The Kier molecular flexibility index (Phi) is 5.12. The molecule has 0 N–H and O–H groups in total. The zero-order chi connectivity index (χ0) is 19.4. The Balaban J connectivity index is 2.17. The minimum atomic E-state index is -0.595. The second-order valence-corrected chi connectivity index (χ2v) is 5.54. The molecule has 136 valence electrons. The number of fused-ring (bicyclic) bond motifs is 1. The topological polar surface area (TPSA) is 85.8 Å². The summed E-state index contributed by atoms with van der Waals surface area (Å²) >= 11 is 0. The van der Waals surface area contributed by atoms with Crippen LogP contribution in [0.1, 0.15) is 21.5 Å². The maximum absolute atomic E-state index is 13.2. The van der Waals surface area contributed by atoms with Crippen molar-refractivity contribution >= 4 is 35.3 Å². The predicted molar refractivity (Wildman–Crippen MR) is 98.5 cm³/mol. The molecule has 1 aromatic carbocycles. The minimum Gasteiger partial charge on any atom is -0.466 e. The fraction of sp³-hybridized carbons (Fsp3) is 0.100. The molecule has 0 radical (unpaired) electrons. The van der Waals surface area contributed by atoms with E-state index >= 15 is 0 Å². The Labute approximate surface area is 155 Å². The lowest BCUT2D eigenvalue weighted by molar-refractivity contribution is -0.135. The first kappa shape index (κ1) is 18.1. The van der Waals surface area contributed by atoms with Crippen molar-refractivity contribution in [1.29, 1.82) is 0 Å². The molecule has 0 fully saturated rings. The summed E-state index contributed by atoms with van der Waals surface area (Å²) in [5.41, 5.74) is 2.20. The predicted octanol–water partition coefficient (Wildman–Crippen LogP) is 2.44. The number of nitrogens with zero attached hydrogens (tertiary/aromatic N) is 2. The van der Waals surface area contributed by atoms with Crippen molar-refractivity contribution in [2.24, 2.45) is 0 Å². The number of aromatic nitrogens is 1. The fourth-order valence-electron chi connectivity index (χ4n) is 2.75. The summed E-state index contributed by atoms with van der Waals surface area (Å²) in [5, 5.41) is 0. The van der Waals surface area contributed by atoms with Gasteiger partial charge >= 0.3 is 11.9 Å². The fourth-order valence-corrected chi connectivity index (χ4v) is 2.75. The third-order valence-electron chi connectivity index (χ3n) is 3.98. The molecule has 7 heteroatoms. The van der Waals surface area contributed by atoms with Crippen molar-refractivity contribution in [3.05, 3.63) is 71.6 Å². The van der Waals surface area contributed by atoms with E-state index in [0.717, 1.165) is 0 Å². The van der Waals surface area contributed by atoms with Crippen molar-refractivity contribution < 1.29 is 23.9 Å². The number of carbonyl (C=O) groups excluding carboxylic acids is 3. The molecule has 0 aliphatic carbocycles. The first-order valence-electron chi connectivity index (χ1n) is 8.00. The number of hydrogen-bond donors (Lipinski definition) is 0. The number of carbonyl (C=O) groups is 3. The van der Waals surface area contributed by atoms with Crippen molar-refractivity contribution in [1.82, 2.24) is 4.98 Å². The van der Waals surface area contributed by atoms with Crippen molar-refractivity contribution in [2.45, 2.75) is 0 Å². The molecule has 0 atom stereocenters. The van der Waals surface area contributed by atoms with Crippen LogP contribution in [-0.2, 0) is 19.1 Å². The monoisotopic (exact) mass is 364 g/mol. The van der Waals surface area contributed by atoms with Gasteiger partial charge in [0, 0.05) is 41.4 Å². The number of esters is 2. The standard InChI is InChI=1S/C20H16N2O5/c1-26-17(23)9-8-13-11-21-12-15-16(10-18(24)27-2)22(20(25)19(13)15)14-6-4-3-5-7-14/h3-12H,1-2H3/b9-8+,16-10+. The van der Waals surface area contributed by atoms with Crippen LogP contribution < -0.4 is 4.90 Å². The number of rotatable bonds is 4. The van der Waals surface area contributed by atoms with Gasteiger partial charge in [0.2, 0.25) is 0 Å². The Morgan fingerprint density at radius 1 is 1.04 bits per heavy atom. The molecule has 1 aromatic heterocycles. The van der Waals surface area contributed by atoms with Crippen LogP contribution in [0.4, 0.5) is 5.69 Å². The van der Waals surface area contributed by atoms with Crippen LogP contribution in [0.3, 0.4) is 0 Å². The summed E-state index contributed by atoms with van der Waals surface area (Å²) in [6.45, 7) is 0. The van der Waals surface area contributed by atoms with Crippen LogP contribution in [0, 0.1) is 0 Å². The summed E-state index contributed by atoms with van der Waals surface area (Å²) < 4.78 is 9.30. The Morgan fingerprint density at radius 2 is 1.74 bits per heavy atom. The van der Waals surface area contributed by atoms with Gasteiger partial charge in [0.05, 0.1) is 25.5 Å². The van der Waals surface area contributed by atoms with E-state index in [0.29, 0.717) is 28.1 Å². The molecule has 0 unspecified atom stereocenters. The first-order valence-corrected chi connectivity index (χ1v) is 8.00. The lowest BCUT2D eigenvalue weighted by atomic mass is 10.0. The molecule has 0 bridgehead atoms. The van der Waals surface area contributed by atoms with Gasteiger partial charge in [-0.25, -0.2) is 9.59 Å². The average molecular weight is 364 g/mol. The van der Waals surface area contributed by atoms with E-state index in [1.165, 1.54) is 49.7 Å². The number of benzene rings is 1. The Morgan fingerprint density at radius 3 is 2.41 bits per heavy atom. The van der Waals surface area contributed by atoms with Crippen LogP contribution in [0.5, 0.6) is 0 Å². The van der Waals surface area contributed by atoms with Crippen molar-refractivity contribution in [2.75, 3.05) is 19.1 Å². The van der Waals surface area contributed by atoms with E-state index in [-0.39, 0.29) is 5.91 Å². The lowest BCUT2D eigenvalue weighted by Crippen LogP contribution is -2.23. The van der Waals surface area contributed by atoms with E-state index in [2.05, 4.69) is 9.72 Å². The molecule has 3 rings (SSSR count). The number of amides is 1. The lowest BCUT2D eigenvalue weighted by Gasteiger charge is -2.18. The number of ether oxygens (including phenoxy) is 2. The molecular formula is C20H16N2O5. The Bertz CT molecular complexity index is 964. The zero-order valence-corrected chi connectivity index (χ0v) is 14.7. The van der Waals surface area contributed by atoms with Gasteiger partial charge in [-0.05, 0) is 18.2 Å². The van der Waals surface area contributed by atoms with Gasteiger partial charge in [0.25, 0.3) is 5.91 Å². The van der Waals surface area contributed by atoms with Gasteiger partial charge in [0.1, 0.15) is 0 Å². The molecule has 2 heterocycles.